The number of aryl methyl sites for hydroxylation is 2. The van der Waals surface area contributed by atoms with Crippen LogP contribution in [0.5, 0.6) is 0 Å². The minimum atomic E-state index is 0.834. The van der Waals surface area contributed by atoms with E-state index in [2.05, 4.69) is 84.3 Å². The van der Waals surface area contributed by atoms with E-state index in [9.17, 15) is 0 Å². The van der Waals surface area contributed by atoms with E-state index in [1.807, 2.05) is 0 Å². The van der Waals surface area contributed by atoms with Crippen molar-refractivity contribution in [2.75, 3.05) is 19.6 Å². The Morgan fingerprint density at radius 2 is 1.47 bits per heavy atom. The molecule has 0 radical (unpaired) electrons. The highest BCUT2D eigenvalue weighted by molar-refractivity contribution is 5.81. The van der Waals surface area contributed by atoms with Crippen LogP contribution >= 0.6 is 0 Å². The molecule has 0 fully saturated rings. The maximum atomic E-state index is 4.59. The van der Waals surface area contributed by atoms with Crippen molar-refractivity contribution < 1.29 is 0 Å². The third-order valence-electron chi connectivity index (χ3n) is 7.75. The minimum Gasteiger partial charge on any atom is -0.372 e. The fraction of sp³-hybridized carbons (Fsp3) is 0.516. The van der Waals surface area contributed by atoms with Crippen molar-refractivity contribution in [3.05, 3.63) is 80.7 Å². The Labute approximate surface area is 218 Å². The highest BCUT2D eigenvalue weighted by Crippen LogP contribution is 2.32. The largest absolute Gasteiger partial charge is 0.372 e. The first kappa shape index (κ1) is 26.1. The third-order valence-corrected chi connectivity index (χ3v) is 7.75. The number of hydrogen-bond donors (Lipinski definition) is 4. The van der Waals surface area contributed by atoms with Crippen molar-refractivity contribution in [3.8, 4) is 0 Å². The summed E-state index contributed by atoms with van der Waals surface area (Å²) >= 11 is 0. The predicted octanol–water partition coefficient (Wildman–Crippen LogP) is 4.83. The summed E-state index contributed by atoms with van der Waals surface area (Å²) in [7, 11) is 0. The molecule has 36 heavy (non-hydrogen) atoms. The molecule has 0 spiro atoms. The van der Waals surface area contributed by atoms with Crippen LogP contribution in [0.1, 0.15) is 78.1 Å². The van der Waals surface area contributed by atoms with Crippen molar-refractivity contribution in [3.63, 3.8) is 0 Å². The Hall–Kier alpha value is -2.95. The first-order valence-electron chi connectivity index (χ1n) is 14.1. The zero-order valence-corrected chi connectivity index (χ0v) is 22.8. The number of aliphatic imine (C=N–C) groups is 1. The summed E-state index contributed by atoms with van der Waals surface area (Å²) in [5, 5.41) is 14.2. The summed E-state index contributed by atoms with van der Waals surface area (Å²) in [6.45, 7) is 13.8. The van der Waals surface area contributed by atoms with E-state index in [1.54, 1.807) is 16.7 Å². The monoisotopic (exact) mass is 487 g/mol. The number of nitrogens with one attached hydrogen (secondary N) is 4. The Morgan fingerprint density at radius 3 is 2.08 bits per heavy atom. The summed E-state index contributed by atoms with van der Waals surface area (Å²) in [5.74, 6) is 2.13. The first-order valence-corrected chi connectivity index (χ1v) is 14.1. The van der Waals surface area contributed by atoms with Gasteiger partial charge in [0.2, 0.25) is 0 Å². The van der Waals surface area contributed by atoms with E-state index >= 15 is 0 Å². The van der Waals surface area contributed by atoms with Crippen LogP contribution in [0.3, 0.4) is 0 Å². The topological polar surface area (TPSA) is 60.5 Å². The Bertz CT molecular complexity index is 1040. The van der Waals surface area contributed by atoms with Crippen LogP contribution in [0.15, 0.2) is 41.2 Å². The molecule has 0 bridgehead atoms. The summed E-state index contributed by atoms with van der Waals surface area (Å²) in [4.78, 5) is 4.59. The fourth-order valence-corrected chi connectivity index (χ4v) is 5.95. The second-order valence-corrected chi connectivity index (χ2v) is 9.91. The average Bonchev–Trinajstić information content (AvgIpc) is 3.61. The highest BCUT2D eigenvalue weighted by Gasteiger charge is 2.22. The van der Waals surface area contributed by atoms with Crippen LogP contribution in [0.2, 0.25) is 0 Å². The smallest absolute Gasteiger partial charge is 0.191 e. The number of nitrogens with zero attached hydrogens (tertiary/aromatic N) is 1. The van der Waals surface area contributed by atoms with Crippen molar-refractivity contribution in [2.45, 2.75) is 85.7 Å². The zero-order valence-electron chi connectivity index (χ0n) is 22.8. The lowest BCUT2D eigenvalue weighted by Crippen LogP contribution is -2.34. The van der Waals surface area contributed by atoms with E-state index < -0.39 is 0 Å². The van der Waals surface area contributed by atoms with Gasteiger partial charge in [-0.3, -0.25) is 4.99 Å². The standard InChI is InChI=1S/C31H45N5/c1-5-24-27(15-10-14-23-13-9-8-12-22(23)4)25(6-2)29(21-36-31-33-18-19-34-31)26(7-3)28(24)20-35-30-16-11-17-32-30/h8-9,12-13,16,32,35H,5-7,10-11,14-15,17-21H2,1-4H3,(H2,33,34,36). The van der Waals surface area contributed by atoms with E-state index in [0.29, 0.717) is 0 Å². The summed E-state index contributed by atoms with van der Waals surface area (Å²) in [5.41, 5.74) is 12.1. The van der Waals surface area contributed by atoms with Gasteiger partial charge in [-0.1, -0.05) is 45.0 Å². The van der Waals surface area contributed by atoms with Crippen LogP contribution in [0.25, 0.3) is 0 Å². The van der Waals surface area contributed by atoms with Gasteiger partial charge in [-0.05, 0) is 102 Å². The second kappa shape index (κ2) is 12.8. The van der Waals surface area contributed by atoms with Crippen molar-refractivity contribution in [2.24, 2.45) is 4.99 Å². The third kappa shape index (κ3) is 6.05. The molecule has 194 valence electrons. The Kier molecular flexibility index (Phi) is 9.32. The fourth-order valence-electron chi connectivity index (χ4n) is 5.95. The number of guanidine groups is 1. The molecule has 0 aliphatic carbocycles. The molecule has 4 N–H and O–H groups in total. The molecule has 0 amide bonds. The number of rotatable bonds is 12. The molecule has 4 rings (SSSR count). The van der Waals surface area contributed by atoms with Gasteiger partial charge in [0.1, 0.15) is 0 Å². The highest BCUT2D eigenvalue weighted by atomic mass is 15.2. The summed E-state index contributed by atoms with van der Waals surface area (Å²) in [6, 6.07) is 8.84. The lowest BCUT2D eigenvalue weighted by atomic mass is 9.81. The molecule has 0 saturated heterocycles. The van der Waals surface area contributed by atoms with E-state index in [0.717, 1.165) is 77.2 Å². The average molecular weight is 488 g/mol. The van der Waals surface area contributed by atoms with E-state index in [4.69, 9.17) is 0 Å². The molecule has 5 nitrogen and oxygen atoms in total. The second-order valence-electron chi connectivity index (χ2n) is 9.91. The number of hydrogen-bond acceptors (Lipinski definition) is 5. The Morgan fingerprint density at radius 1 is 0.778 bits per heavy atom. The summed E-state index contributed by atoms with van der Waals surface area (Å²) in [6.07, 6.45) is 10.0. The van der Waals surface area contributed by atoms with Gasteiger partial charge in [0.25, 0.3) is 0 Å². The number of benzene rings is 2. The summed E-state index contributed by atoms with van der Waals surface area (Å²) < 4.78 is 0. The van der Waals surface area contributed by atoms with Gasteiger partial charge in [-0.2, -0.15) is 0 Å². The van der Waals surface area contributed by atoms with Gasteiger partial charge in [-0.25, -0.2) is 0 Å². The van der Waals surface area contributed by atoms with Crippen LogP contribution in [-0.4, -0.2) is 25.6 Å². The van der Waals surface area contributed by atoms with Gasteiger partial charge in [-0.15, -0.1) is 0 Å². The maximum Gasteiger partial charge on any atom is 0.191 e. The SMILES string of the molecule is CCc1c(CCCc2ccccc2C)c(CC)c(CNC2=NCCN2)c(CC)c1CNC1=CCCN1. The Balaban J connectivity index is 1.69. The van der Waals surface area contributed by atoms with Crippen molar-refractivity contribution in [1.82, 2.24) is 21.3 Å². The van der Waals surface area contributed by atoms with Crippen LogP contribution in [0, 0.1) is 6.92 Å². The van der Waals surface area contributed by atoms with Crippen LogP contribution in [0.4, 0.5) is 0 Å². The molecule has 0 aromatic heterocycles. The zero-order chi connectivity index (χ0) is 25.3. The lowest BCUT2D eigenvalue weighted by Gasteiger charge is -2.27. The molecule has 2 aromatic rings. The van der Waals surface area contributed by atoms with Gasteiger partial charge in [0.05, 0.1) is 12.4 Å². The lowest BCUT2D eigenvalue weighted by molar-refractivity contribution is 0.704. The van der Waals surface area contributed by atoms with Gasteiger partial charge >= 0.3 is 0 Å². The minimum absolute atomic E-state index is 0.834. The van der Waals surface area contributed by atoms with E-state index in [1.165, 1.54) is 40.1 Å². The molecule has 0 unspecified atom stereocenters. The predicted molar refractivity (Wildman–Crippen MR) is 152 cm³/mol. The first-order chi connectivity index (χ1) is 17.7. The quantitative estimate of drug-likeness (QED) is 0.346. The molecule has 0 saturated carbocycles. The van der Waals surface area contributed by atoms with Crippen LogP contribution in [-0.2, 0) is 45.2 Å². The molecule has 0 atom stereocenters. The molecular formula is C31H45N5. The molecule has 2 aliphatic heterocycles. The molecule has 2 heterocycles. The van der Waals surface area contributed by atoms with Gasteiger partial charge < -0.3 is 21.3 Å². The van der Waals surface area contributed by atoms with Crippen molar-refractivity contribution in [1.29, 1.82) is 0 Å². The van der Waals surface area contributed by atoms with Gasteiger partial charge in [0, 0.05) is 26.2 Å². The van der Waals surface area contributed by atoms with Crippen molar-refractivity contribution >= 4 is 5.96 Å². The molecule has 2 aliphatic rings. The molecule has 2 aromatic carbocycles. The maximum absolute atomic E-state index is 4.59. The van der Waals surface area contributed by atoms with E-state index in [-0.39, 0.29) is 0 Å². The van der Waals surface area contributed by atoms with Gasteiger partial charge in [0.15, 0.2) is 5.96 Å². The molecule has 5 heteroatoms. The normalized spacial score (nSPS) is 14.8. The molecular weight excluding hydrogens is 442 g/mol. The van der Waals surface area contributed by atoms with Crippen LogP contribution < -0.4 is 21.3 Å².